The summed E-state index contributed by atoms with van der Waals surface area (Å²) in [6.45, 7) is 6.01. The number of ether oxygens (including phenoxy) is 1. The van der Waals surface area contributed by atoms with E-state index < -0.39 is 0 Å². The zero-order chi connectivity index (χ0) is 18.0. The molecule has 1 N–H and O–H groups in total. The number of aliphatic hydroxyl groups excluding tert-OH is 1. The molecule has 1 saturated heterocycles. The minimum Gasteiger partial charge on any atom is -0.496 e. The second-order valence-electron chi connectivity index (χ2n) is 8.05. The molecule has 0 aliphatic carbocycles. The predicted octanol–water partition coefficient (Wildman–Crippen LogP) is 4.11. The molecule has 3 aromatic rings. The summed E-state index contributed by atoms with van der Waals surface area (Å²) in [5, 5.41) is 15.5. The molecule has 0 aromatic heterocycles. The van der Waals surface area contributed by atoms with E-state index in [2.05, 4.69) is 49.1 Å². The average Bonchev–Trinajstić information content (AvgIpc) is 2.99. The Morgan fingerprint density at radius 1 is 1.00 bits per heavy atom. The molecule has 3 heteroatoms. The van der Waals surface area contributed by atoms with E-state index in [0.717, 1.165) is 31.7 Å². The van der Waals surface area contributed by atoms with Gasteiger partial charge in [0.15, 0.2) is 0 Å². The van der Waals surface area contributed by atoms with Crippen LogP contribution >= 0.6 is 0 Å². The Morgan fingerprint density at radius 2 is 1.81 bits per heavy atom. The van der Waals surface area contributed by atoms with Crippen molar-refractivity contribution in [3.8, 4) is 5.75 Å². The van der Waals surface area contributed by atoms with E-state index in [1.165, 1.54) is 43.8 Å². The van der Waals surface area contributed by atoms with Crippen LogP contribution in [0.5, 0.6) is 5.75 Å². The van der Waals surface area contributed by atoms with Gasteiger partial charge in [-0.15, -0.1) is 0 Å². The minimum atomic E-state index is -0.189. The Morgan fingerprint density at radius 3 is 2.62 bits per heavy atom. The van der Waals surface area contributed by atoms with Crippen molar-refractivity contribution in [2.45, 2.75) is 45.4 Å². The lowest BCUT2D eigenvalue weighted by Gasteiger charge is -2.33. The van der Waals surface area contributed by atoms with Gasteiger partial charge in [-0.25, -0.2) is 0 Å². The summed E-state index contributed by atoms with van der Waals surface area (Å²) in [7, 11) is 1.75. The van der Waals surface area contributed by atoms with Gasteiger partial charge in [0, 0.05) is 19.1 Å². The molecule has 134 valence electrons. The van der Waals surface area contributed by atoms with Crippen molar-refractivity contribution in [3.05, 3.63) is 52.6 Å². The van der Waals surface area contributed by atoms with E-state index in [4.69, 9.17) is 4.74 Å². The number of hydrogen-bond acceptors (Lipinski definition) is 3. The van der Waals surface area contributed by atoms with Crippen LogP contribution in [-0.2, 0) is 13.0 Å². The number of methoxy groups -OCH3 is 1. The van der Waals surface area contributed by atoms with Crippen molar-refractivity contribution in [1.29, 1.82) is 0 Å². The maximum atomic E-state index is 10.2. The van der Waals surface area contributed by atoms with Crippen LogP contribution in [-0.4, -0.2) is 35.8 Å². The van der Waals surface area contributed by atoms with Crippen molar-refractivity contribution >= 4 is 21.5 Å². The Bertz CT molecular complexity index is 1040. The van der Waals surface area contributed by atoms with E-state index >= 15 is 0 Å². The molecule has 2 atom stereocenters. The van der Waals surface area contributed by atoms with Crippen LogP contribution in [0.4, 0.5) is 0 Å². The fourth-order valence-electron chi connectivity index (χ4n) is 5.07. The number of fused-ring (bicyclic) bond motifs is 7. The minimum absolute atomic E-state index is 0.189. The monoisotopic (exact) mass is 347 g/mol. The summed E-state index contributed by atoms with van der Waals surface area (Å²) in [5.41, 5.74) is 5.35. The first-order chi connectivity index (χ1) is 12.5. The average molecular weight is 347 g/mol. The normalized spacial score (nSPS) is 22.6. The van der Waals surface area contributed by atoms with E-state index in [0.29, 0.717) is 6.04 Å². The highest BCUT2D eigenvalue weighted by Gasteiger charge is 2.36. The van der Waals surface area contributed by atoms with E-state index in [-0.39, 0.29) is 6.10 Å². The summed E-state index contributed by atoms with van der Waals surface area (Å²) in [6, 6.07) is 11.8. The first-order valence-electron chi connectivity index (χ1n) is 9.49. The van der Waals surface area contributed by atoms with Crippen LogP contribution < -0.4 is 4.74 Å². The van der Waals surface area contributed by atoms with Crippen LogP contribution in [0.2, 0.25) is 0 Å². The number of rotatable bonds is 1. The van der Waals surface area contributed by atoms with Gasteiger partial charge in [0.2, 0.25) is 0 Å². The first-order valence-corrected chi connectivity index (χ1v) is 9.49. The number of nitrogens with zero attached hydrogens (tertiary/aromatic N) is 1. The van der Waals surface area contributed by atoms with Crippen molar-refractivity contribution < 1.29 is 9.84 Å². The molecule has 3 nitrogen and oxygen atoms in total. The molecule has 0 unspecified atom stereocenters. The standard InChI is InChI=1S/C23H25NO2/c1-13-4-5-17-18(6-13)19-7-14(2)23(26-3)10-21(19)20-9-15-8-16(25)11-24(15)12-22(17)20/h4-7,10,15-16,25H,8-9,11-12H2,1-3H3/t15-,16-/m1/s1. The number of benzene rings is 3. The topological polar surface area (TPSA) is 32.7 Å². The zero-order valence-corrected chi connectivity index (χ0v) is 15.7. The van der Waals surface area contributed by atoms with Gasteiger partial charge in [-0.1, -0.05) is 23.8 Å². The van der Waals surface area contributed by atoms with Crippen LogP contribution in [0.3, 0.4) is 0 Å². The largest absolute Gasteiger partial charge is 0.496 e. The molecule has 26 heavy (non-hydrogen) atoms. The molecule has 3 aromatic carbocycles. The van der Waals surface area contributed by atoms with Gasteiger partial charge in [-0.05, 0) is 77.1 Å². The van der Waals surface area contributed by atoms with Crippen LogP contribution in [0.1, 0.15) is 28.7 Å². The smallest absolute Gasteiger partial charge is 0.122 e. The molecule has 2 heterocycles. The van der Waals surface area contributed by atoms with Gasteiger partial charge >= 0.3 is 0 Å². The van der Waals surface area contributed by atoms with Crippen LogP contribution in [0.15, 0.2) is 30.3 Å². The number of hydrogen-bond donors (Lipinski definition) is 1. The van der Waals surface area contributed by atoms with Gasteiger partial charge in [0.25, 0.3) is 0 Å². The summed E-state index contributed by atoms with van der Waals surface area (Å²) < 4.78 is 5.63. The summed E-state index contributed by atoms with van der Waals surface area (Å²) in [4.78, 5) is 2.46. The van der Waals surface area contributed by atoms with Gasteiger partial charge in [-0.3, -0.25) is 4.90 Å². The molecule has 2 aliphatic heterocycles. The van der Waals surface area contributed by atoms with Crippen molar-refractivity contribution in [2.75, 3.05) is 13.7 Å². The summed E-state index contributed by atoms with van der Waals surface area (Å²) in [6.07, 6.45) is 1.71. The Kier molecular flexibility index (Phi) is 3.53. The maximum Gasteiger partial charge on any atom is 0.122 e. The summed E-state index contributed by atoms with van der Waals surface area (Å²) in [5.74, 6) is 0.959. The van der Waals surface area contributed by atoms with Crippen molar-refractivity contribution in [3.63, 3.8) is 0 Å². The molecule has 0 amide bonds. The number of aryl methyl sites for hydroxylation is 2. The van der Waals surface area contributed by atoms with E-state index in [9.17, 15) is 5.11 Å². The molecular weight excluding hydrogens is 322 g/mol. The molecule has 0 spiro atoms. The molecule has 0 radical (unpaired) electrons. The highest BCUT2D eigenvalue weighted by Crippen LogP contribution is 2.42. The van der Waals surface area contributed by atoms with E-state index in [1.54, 1.807) is 7.11 Å². The summed E-state index contributed by atoms with van der Waals surface area (Å²) >= 11 is 0. The molecule has 0 bridgehead atoms. The van der Waals surface area contributed by atoms with Gasteiger partial charge in [0.1, 0.15) is 5.75 Å². The van der Waals surface area contributed by atoms with Crippen LogP contribution in [0, 0.1) is 13.8 Å². The molecule has 1 fully saturated rings. The molecule has 2 aliphatic rings. The highest BCUT2D eigenvalue weighted by atomic mass is 16.5. The lowest BCUT2D eigenvalue weighted by molar-refractivity contribution is 0.171. The predicted molar refractivity (Wildman–Crippen MR) is 106 cm³/mol. The first kappa shape index (κ1) is 16.1. The fraction of sp³-hybridized carbons (Fsp3) is 0.391. The van der Waals surface area contributed by atoms with Crippen molar-refractivity contribution in [1.82, 2.24) is 4.90 Å². The Hall–Kier alpha value is -2.10. The third-order valence-electron chi connectivity index (χ3n) is 6.32. The maximum absolute atomic E-state index is 10.2. The quantitative estimate of drug-likeness (QED) is 0.673. The third-order valence-corrected chi connectivity index (χ3v) is 6.32. The number of aliphatic hydroxyl groups is 1. The lowest BCUT2D eigenvalue weighted by Crippen LogP contribution is -2.35. The van der Waals surface area contributed by atoms with Crippen molar-refractivity contribution in [2.24, 2.45) is 0 Å². The Balaban J connectivity index is 1.86. The van der Waals surface area contributed by atoms with Gasteiger partial charge in [0.05, 0.1) is 13.2 Å². The fourth-order valence-corrected chi connectivity index (χ4v) is 5.07. The molecule has 5 rings (SSSR count). The van der Waals surface area contributed by atoms with Gasteiger partial charge < -0.3 is 9.84 Å². The highest BCUT2D eigenvalue weighted by molar-refractivity contribution is 6.11. The van der Waals surface area contributed by atoms with Gasteiger partial charge in [-0.2, -0.15) is 0 Å². The second kappa shape index (κ2) is 5.70. The lowest BCUT2D eigenvalue weighted by atomic mass is 9.84. The zero-order valence-electron chi connectivity index (χ0n) is 15.7. The molecule has 0 saturated carbocycles. The molecular formula is C23H25NO2. The Labute approximate surface area is 154 Å². The van der Waals surface area contributed by atoms with Crippen LogP contribution in [0.25, 0.3) is 21.5 Å². The third kappa shape index (κ3) is 2.27. The SMILES string of the molecule is COc1cc2c3c(c4ccc(C)cc4c2cc1C)CN1C[C@H](O)C[C@@H]1C3. The van der Waals surface area contributed by atoms with E-state index in [1.807, 2.05) is 0 Å². The second-order valence-corrected chi connectivity index (χ2v) is 8.05.